The van der Waals surface area contributed by atoms with Crippen LogP contribution in [-0.4, -0.2) is 46.7 Å². The average Bonchev–Trinajstić information content (AvgIpc) is 3.48. The fraction of sp³-hybridized carbons (Fsp3) is 0.333. The zero-order chi connectivity index (χ0) is 26.8. The predicted molar refractivity (Wildman–Crippen MR) is 137 cm³/mol. The third-order valence-corrected chi connectivity index (χ3v) is 7.39. The molecule has 0 radical (unpaired) electrons. The first-order valence-electron chi connectivity index (χ1n) is 12.7. The van der Waals surface area contributed by atoms with Gasteiger partial charge in [0.2, 0.25) is 0 Å². The van der Waals surface area contributed by atoms with Gasteiger partial charge in [-0.3, -0.25) is 9.69 Å². The molecule has 2 heterocycles. The molecular formula is C30H28F3N3O2. The summed E-state index contributed by atoms with van der Waals surface area (Å²) in [6.07, 6.45) is 1.96. The highest BCUT2D eigenvalue weighted by molar-refractivity contribution is 5.93. The van der Waals surface area contributed by atoms with Gasteiger partial charge in [0.05, 0.1) is 6.04 Å². The van der Waals surface area contributed by atoms with Gasteiger partial charge in [-0.25, -0.2) is 18.2 Å². The number of hydrogen-bond donors (Lipinski definition) is 2. The van der Waals surface area contributed by atoms with Crippen molar-refractivity contribution >= 4 is 5.91 Å². The first kappa shape index (κ1) is 25.8. The maximum absolute atomic E-state index is 14.1. The monoisotopic (exact) mass is 519 g/mol. The van der Waals surface area contributed by atoms with Gasteiger partial charge < -0.3 is 10.4 Å². The van der Waals surface area contributed by atoms with E-state index in [9.17, 15) is 23.1 Å². The number of fused-ring (bicyclic) bond motifs is 2. The van der Waals surface area contributed by atoms with Gasteiger partial charge >= 0.3 is 0 Å². The number of hydrogen-bond acceptors (Lipinski definition) is 4. The van der Waals surface area contributed by atoms with E-state index in [1.165, 1.54) is 30.3 Å². The van der Waals surface area contributed by atoms with Crippen molar-refractivity contribution < 1.29 is 23.1 Å². The second-order valence-electron chi connectivity index (χ2n) is 9.99. The average molecular weight is 520 g/mol. The highest BCUT2D eigenvalue weighted by Gasteiger charge is 2.43. The number of aromatic nitrogens is 1. The van der Waals surface area contributed by atoms with Crippen LogP contribution in [0.2, 0.25) is 0 Å². The molecule has 5 rings (SSSR count). The molecule has 2 aliphatic rings. The van der Waals surface area contributed by atoms with Crippen LogP contribution in [0.5, 0.6) is 5.75 Å². The zero-order valence-electron chi connectivity index (χ0n) is 20.9. The number of phenols is 1. The van der Waals surface area contributed by atoms with Crippen LogP contribution in [0, 0.1) is 42.2 Å². The Bertz CT molecular complexity index is 1400. The minimum atomic E-state index is -0.947. The minimum absolute atomic E-state index is 0.124. The van der Waals surface area contributed by atoms with Gasteiger partial charge in [0.1, 0.15) is 29.8 Å². The first-order chi connectivity index (χ1) is 18.3. The van der Waals surface area contributed by atoms with Crippen LogP contribution in [0.25, 0.3) is 0 Å². The van der Waals surface area contributed by atoms with E-state index in [0.29, 0.717) is 35.3 Å². The topological polar surface area (TPSA) is 65.5 Å². The number of benzene rings is 2. The van der Waals surface area contributed by atoms with Crippen molar-refractivity contribution in [3.8, 4) is 17.6 Å². The predicted octanol–water partition coefficient (Wildman–Crippen LogP) is 4.92. The summed E-state index contributed by atoms with van der Waals surface area (Å²) in [6, 6.07) is 11.7. The van der Waals surface area contributed by atoms with E-state index < -0.39 is 23.6 Å². The van der Waals surface area contributed by atoms with Crippen LogP contribution < -0.4 is 5.32 Å². The number of carbonyl (C=O) groups is 1. The Morgan fingerprint density at radius 1 is 1.13 bits per heavy atom. The van der Waals surface area contributed by atoms with Crippen molar-refractivity contribution in [1.29, 1.82) is 0 Å². The third-order valence-electron chi connectivity index (χ3n) is 7.39. The second kappa shape index (κ2) is 10.9. The van der Waals surface area contributed by atoms with Crippen molar-refractivity contribution in [3.05, 3.63) is 94.3 Å². The van der Waals surface area contributed by atoms with E-state index in [2.05, 4.69) is 27.0 Å². The molecule has 196 valence electrons. The van der Waals surface area contributed by atoms with E-state index in [-0.39, 0.29) is 29.6 Å². The smallest absolute Gasteiger partial charge is 0.270 e. The molecule has 5 nitrogen and oxygen atoms in total. The first-order valence-corrected chi connectivity index (χ1v) is 12.7. The Hall–Kier alpha value is -3.83. The van der Waals surface area contributed by atoms with Gasteiger partial charge in [0.25, 0.3) is 5.91 Å². The molecule has 1 aromatic heterocycles. The summed E-state index contributed by atoms with van der Waals surface area (Å²) < 4.78 is 40.4. The van der Waals surface area contributed by atoms with Crippen LogP contribution in [0.15, 0.2) is 54.6 Å². The molecule has 1 aliphatic heterocycles. The fourth-order valence-corrected chi connectivity index (χ4v) is 5.60. The van der Waals surface area contributed by atoms with Crippen LogP contribution in [0.4, 0.5) is 13.2 Å². The lowest BCUT2D eigenvalue weighted by molar-refractivity contribution is 0.0937. The number of halogens is 3. The van der Waals surface area contributed by atoms with Gasteiger partial charge in [-0.1, -0.05) is 24.0 Å². The van der Waals surface area contributed by atoms with E-state index >= 15 is 0 Å². The quantitative estimate of drug-likeness (QED) is 0.454. The Kier molecular flexibility index (Phi) is 7.39. The Morgan fingerprint density at radius 2 is 1.89 bits per heavy atom. The van der Waals surface area contributed by atoms with Gasteiger partial charge in [-0.15, -0.1) is 0 Å². The number of aromatic hydroxyl groups is 1. The maximum Gasteiger partial charge on any atom is 0.270 e. The molecule has 2 fully saturated rings. The molecule has 38 heavy (non-hydrogen) atoms. The molecule has 1 unspecified atom stereocenters. The Balaban J connectivity index is 1.38. The molecule has 3 aromatic rings. The molecule has 4 atom stereocenters. The summed E-state index contributed by atoms with van der Waals surface area (Å²) in [5, 5.41) is 13.2. The molecule has 2 aromatic carbocycles. The number of likely N-dealkylation sites (tertiary alicyclic amines) is 1. The number of alkyl halides is 1. The van der Waals surface area contributed by atoms with Gasteiger partial charge in [-0.05, 0) is 73.7 Å². The van der Waals surface area contributed by atoms with Crippen LogP contribution >= 0.6 is 0 Å². The zero-order valence-corrected chi connectivity index (χ0v) is 20.9. The van der Waals surface area contributed by atoms with Crippen molar-refractivity contribution in [2.75, 3.05) is 19.8 Å². The van der Waals surface area contributed by atoms with Crippen LogP contribution in [0.3, 0.4) is 0 Å². The summed E-state index contributed by atoms with van der Waals surface area (Å²) in [5.41, 5.74) is 1.98. The number of phenolic OH excluding ortho intramolecular Hbond substituents is 1. The number of carbonyl (C=O) groups excluding carboxylic acids is 1. The molecule has 8 heteroatoms. The van der Waals surface area contributed by atoms with Crippen LogP contribution in [0.1, 0.15) is 51.8 Å². The highest BCUT2D eigenvalue weighted by Crippen LogP contribution is 2.41. The molecule has 1 aliphatic carbocycles. The lowest BCUT2D eigenvalue weighted by Gasteiger charge is -2.28. The van der Waals surface area contributed by atoms with Gasteiger partial charge in [0, 0.05) is 41.9 Å². The summed E-state index contributed by atoms with van der Waals surface area (Å²) in [5.74, 6) is 5.43. The van der Waals surface area contributed by atoms with Crippen molar-refractivity contribution in [3.63, 3.8) is 0 Å². The molecule has 1 saturated carbocycles. The Labute approximate surface area is 219 Å². The lowest BCUT2D eigenvalue weighted by atomic mass is 9.95. The number of nitrogens with one attached hydrogen (secondary N) is 1. The SMILES string of the molecule is Cc1cc(C#C[C@@H]2C[C@@H]3C[C@H]2CN3CCF)cc(C(=O)NC(c2ccc(F)cc2)c2cc(F)ccc2O)n1. The van der Waals surface area contributed by atoms with E-state index in [4.69, 9.17) is 0 Å². The van der Waals surface area contributed by atoms with Gasteiger partial charge in [0.15, 0.2) is 0 Å². The number of pyridine rings is 1. The number of piperidine rings is 1. The number of nitrogens with zero attached hydrogens (tertiary/aromatic N) is 2. The normalized spacial score (nSPS) is 21.1. The number of amides is 1. The Morgan fingerprint density at radius 3 is 2.61 bits per heavy atom. The fourth-order valence-electron chi connectivity index (χ4n) is 5.60. The molecule has 2 N–H and O–H groups in total. The summed E-state index contributed by atoms with van der Waals surface area (Å²) in [7, 11) is 0. The van der Waals surface area contributed by atoms with Crippen LogP contribution in [-0.2, 0) is 0 Å². The number of rotatable bonds is 6. The molecule has 2 bridgehead atoms. The van der Waals surface area contributed by atoms with Crippen molar-refractivity contribution in [1.82, 2.24) is 15.2 Å². The third kappa shape index (κ3) is 5.53. The summed E-state index contributed by atoms with van der Waals surface area (Å²) >= 11 is 0. The van der Waals surface area contributed by atoms with E-state index in [0.717, 1.165) is 31.5 Å². The molecular weight excluding hydrogens is 491 g/mol. The van der Waals surface area contributed by atoms with E-state index in [1.807, 2.05) is 6.07 Å². The maximum atomic E-state index is 14.1. The minimum Gasteiger partial charge on any atom is -0.508 e. The standard InChI is InChI=1S/C30H28F3N3O2/c1-18-12-19(2-3-21-14-25-15-22(21)17-36(25)11-10-31)13-27(34-18)30(38)35-29(20-4-6-23(32)7-5-20)26-16-24(33)8-9-28(26)37/h4-9,12-13,16,21-22,25,29,37H,10-11,14-15,17H2,1H3,(H,35,38)/t21-,22+,25-,29?/m1/s1. The second-order valence-corrected chi connectivity index (χ2v) is 9.99. The lowest BCUT2D eigenvalue weighted by Crippen LogP contribution is -2.36. The highest BCUT2D eigenvalue weighted by atomic mass is 19.1. The van der Waals surface area contributed by atoms with Crippen molar-refractivity contribution in [2.45, 2.75) is 31.8 Å². The van der Waals surface area contributed by atoms with Crippen molar-refractivity contribution in [2.24, 2.45) is 11.8 Å². The largest absolute Gasteiger partial charge is 0.508 e. The van der Waals surface area contributed by atoms with Gasteiger partial charge in [-0.2, -0.15) is 0 Å². The summed E-state index contributed by atoms with van der Waals surface area (Å²) in [4.78, 5) is 19.9. The molecule has 0 spiro atoms. The van der Waals surface area contributed by atoms with E-state index in [1.54, 1.807) is 13.0 Å². The molecule has 1 amide bonds. The molecule has 1 saturated heterocycles. The summed E-state index contributed by atoms with van der Waals surface area (Å²) in [6.45, 7) is 2.79. The number of aryl methyl sites for hydroxylation is 1.